The molecule has 2 heterocycles. The van der Waals surface area contributed by atoms with Gasteiger partial charge in [-0.05, 0) is 31.4 Å². The number of pyridine rings is 1. The number of aromatic nitrogens is 3. The fourth-order valence-corrected chi connectivity index (χ4v) is 2.45. The van der Waals surface area contributed by atoms with Crippen LogP contribution in [-0.2, 0) is 4.79 Å². The van der Waals surface area contributed by atoms with Crippen LogP contribution in [0.1, 0.15) is 31.1 Å². The van der Waals surface area contributed by atoms with Gasteiger partial charge in [0.1, 0.15) is 0 Å². The molecule has 1 aliphatic carbocycles. The number of rotatable bonds is 3. The molecule has 0 aromatic carbocycles. The first-order chi connectivity index (χ1) is 9.24. The monoisotopic (exact) mass is 259 g/mol. The highest BCUT2D eigenvalue weighted by atomic mass is 16.5. The van der Waals surface area contributed by atoms with Crippen LogP contribution in [-0.4, -0.2) is 26.2 Å². The van der Waals surface area contributed by atoms with Crippen molar-refractivity contribution < 1.29 is 14.4 Å². The lowest BCUT2D eigenvalue weighted by Gasteiger charge is -2.02. The van der Waals surface area contributed by atoms with E-state index in [-0.39, 0.29) is 11.8 Å². The Morgan fingerprint density at radius 2 is 2.11 bits per heavy atom. The van der Waals surface area contributed by atoms with Crippen molar-refractivity contribution in [3.63, 3.8) is 0 Å². The van der Waals surface area contributed by atoms with Gasteiger partial charge >= 0.3 is 5.97 Å². The predicted molar refractivity (Wildman–Crippen MR) is 65.2 cm³/mol. The van der Waals surface area contributed by atoms with Crippen molar-refractivity contribution in [1.29, 1.82) is 0 Å². The molecule has 6 nitrogen and oxygen atoms in total. The van der Waals surface area contributed by atoms with E-state index < -0.39 is 5.97 Å². The third kappa shape index (κ3) is 2.33. The van der Waals surface area contributed by atoms with E-state index in [2.05, 4.69) is 15.1 Å². The summed E-state index contributed by atoms with van der Waals surface area (Å²) in [4.78, 5) is 19.2. The van der Waals surface area contributed by atoms with Crippen LogP contribution < -0.4 is 0 Å². The minimum absolute atomic E-state index is 0.0594. The van der Waals surface area contributed by atoms with E-state index in [9.17, 15) is 4.79 Å². The summed E-state index contributed by atoms with van der Waals surface area (Å²) >= 11 is 0. The molecule has 2 unspecified atom stereocenters. The Bertz CT molecular complexity index is 582. The smallest absolute Gasteiger partial charge is 0.306 e. The van der Waals surface area contributed by atoms with E-state index in [0.29, 0.717) is 24.6 Å². The third-order valence-electron chi connectivity index (χ3n) is 3.51. The highest BCUT2D eigenvalue weighted by Crippen LogP contribution is 2.38. The van der Waals surface area contributed by atoms with Gasteiger partial charge in [-0.2, -0.15) is 4.98 Å². The van der Waals surface area contributed by atoms with Crippen molar-refractivity contribution in [2.45, 2.75) is 25.2 Å². The van der Waals surface area contributed by atoms with Gasteiger partial charge in [-0.15, -0.1) is 0 Å². The lowest BCUT2D eigenvalue weighted by atomic mass is 10.1. The predicted octanol–water partition coefficient (Wildman–Crippen LogP) is 2.10. The maximum atomic E-state index is 10.9. The number of hydrogen-bond donors (Lipinski definition) is 1. The standard InChI is InChI=1S/C13H13N3O3/c17-13(18)10-2-1-9(7-10)12-15-11(16-19-12)8-3-5-14-6-4-8/h3-6,9-10H,1-2,7H2,(H,17,18). The Hall–Kier alpha value is -2.24. The Balaban J connectivity index is 1.78. The summed E-state index contributed by atoms with van der Waals surface area (Å²) in [7, 11) is 0. The van der Waals surface area contributed by atoms with Crippen molar-refractivity contribution in [2.75, 3.05) is 0 Å². The number of nitrogens with zero attached hydrogens (tertiary/aromatic N) is 3. The maximum Gasteiger partial charge on any atom is 0.306 e. The van der Waals surface area contributed by atoms with Gasteiger partial charge in [-0.1, -0.05) is 5.16 Å². The molecule has 6 heteroatoms. The highest BCUT2D eigenvalue weighted by molar-refractivity contribution is 5.70. The average molecular weight is 259 g/mol. The van der Waals surface area contributed by atoms with Crippen LogP contribution in [0.15, 0.2) is 29.0 Å². The first kappa shape index (κ1) is 11.8. The molecule has 2 atom stereocenters. The van der Waals surface area contributed by atoms with Crippen molar-refractivity contribution >= 4 is 5.97 Å². The van der Waals surface area contributed by atoms with E-state index in [1.807, 2.05) is 12.1 Å². The zero-order valence-corrected chi connectivity index (χ0v) is 10.2. The van der Waals surface area contributed by atoms with Gasteiger partial charge in [0.25, 0.3) is 0 Å². The normalized spacial score (nSPS) is 22.5. The molecular weight excluding hydrogens is 246 g/mol. The minimum Gasteiger partial charge on any atom is -0.481 e. The zero-order valence-electron chi connectivity index (χ0n) is 10.2. The summed E-state index contributed by atoms with van der Waals surface area (Å²) in [5, 5.41) is 12.9. The van der Waals surface area contributed by atoms with E-state index in [4.69, 9.17) is 9.63 Å². The molecule has 98 valence electrons. The van der Waals surface area contributed by atoms with Gasteiger partial charge < -0.3 is 9.63 Å². The molecule has 0 saturated heterocycles. The minimum atomic E-state index is -0.739. The fourth-order valence-electron chi connectivity index (χ4n) is 2.45. The molecule has 2 aromatic rings. The first-order valence-electron chi connectivity index (χ1n) is 6.21. The molecule has 1 fully saturated rings. The quantitative estimate of drug-likeness (QED) is 0.907. The van der Waals surface area contributed by atoms with E-state index in [1.165, 1.54) is 0 Å². The first-order valence-corrected chi connectivity index (χ1v) is 6.21. The van der Waals surface area contributed by atoms with Crippen LogP contribution in [0.3, 0.4) is 0 Å². The van der Waals surface area contributed by atoms with Gasteiger partial charge in [0.2, 0.25) is 11.7 Å². The number of aliphatic carboxylic acids is 1. The Kier molecular flexibility index (Phi) is 2.98. The van der Waals surface area contributed by atoms with Crippen molar-refractivity contribution in [3.8, 4) is 11.4 Å². The van der Waals surface area contributed by atoms with Crippen LogP contribution >= 0.6 is 0 Å². The average Bonchev–Trinajstić information content (AvgIpc) is 3.09. The van der Waals surface area contributed by atoms with Crippen molar-refractivity contribution in [1.82, 2.24) is 15.1 Å². The van der Waals surface area contributed by atoms with Crippen molar-refractivity contribution in [2.24, 2.45) is 5.92 Å². The number of carbonyl (C=O) groups is 1. The molecule has 1 aliphatic rings. The Labute approximate surface area is 109 Å². The molecule has 19 heavy (non-hydrogen) atoms. The molecule has 0 bridgehead atoms. The molecule has 0 amide bonds. The molecule has 2 aromatic heterocycles. The SMILES string of the molecule is O=C(O)C1CCC(c2nc(-c3ccncc3)no2)C1. The van der Waals surface area contributed by atoms with Gasteiger partial charge in [0, 0.05) is 23.9 Å². The molecule has 1 N–H and O–H groups in total. The second-order valence-electron chi connectivity index (χ2n) is 4.74. The van der Waals surface area contributed by atoms with E-state index in [1.54, 1.807) is 12.4 Å². The Morgan fingerprint density at radius 1 is 1.32 bits per heavy atom. The van der Waals surface area contributed by atoms with Crippen LogP contribution in [0.2, 0.25) is 0 Å². The molecule has 0 aliphatic heterocycles. The van der Waals surface area contributed by atoms with Crippen LogP contribution in [0.4, 0.5) is 0 Å². The Morgan fingerprint density at radius 3 is 2.79 bits per heavy atom. The lowest BCUT2D eigenvalue weighted by molar-refractivity contribution is -0.141. The number of carboxylic acids is 1. The van der Waals surface area contributed by atoms with Crippen molar-refractivity contribution in [3.05, 3.63) is 30.4 Å². The number of carboxylic acid groups (broad SMARTS) is 1. The summed E-state index contributed by atoms with van der Waals surface area (Å²) in [6.07, 6.45) is 5.37. The summed E-state index contributed by atoms with van der Waals surface area (Å²) in [6, 6.07) is 3.62. The number of hydrogen-bond acceptors (Lipinski definition) is 5. The van der Waals surface area contributed by atoms with Gasteiger partial charge in [-0.25, -0.2) is 0 Å². The summed E-state index contributed by atoms with van der Waals surface area (Å²) in [6.45, 7) is 0. The zero-order chi connectivity index (χ0) is 13.2. The maximum absolute atomic E-state index is 10.9. The van der Waals surface area contributed by atoms with Crippen LogP contribution in [0, 0.1) is 5.92 Å². The van der Waals surface area contributed by atoms with Crippen LogP contribution in [0.5, 0.6) is 0 Å². The van der Waals surface area contributed by atoms with Gasteiger partial charge in [-0.3, -0.25) is 9.78 Å². The molecule has 0 spiro atoms. The summed E-state index contributed by atoms with van der Waals surface area (Å²) < 4.78 is 5.26. The highest BCUT2D eigenvalue weighted by Gasteiger charge is 2.33. The van der Waals surface area contributed by atoms with Gasteiger partial charge in [0.15, 0.2) is 0 Å². The molecule has 3 rings (SSSR count). The van der Waals surface area contributed by atoms with Gasteiger partial charge in [0.05, 0.1) is 5.92 Å². The molecular formula is C13H13N3O3. The van der Waals surface area contributed by atoms with E-state index >= 15 is 0 Å². The second-order valence-corrected chi connectivity index (χ2v) is 4.74. The fraction of sp³-hybridized carbons (Fsp3) is 0.385. The lowest BCUT2D eigenvalue weighted by Crippen LogP contribution is -2.09. The third-order valence-corrected chi connectivity index (χ3v) is 3.51. The molecule has 0 radical (unpaired) electrons. The largest absolute Gasteiger partial charge is 0.481 e. The molecule has 1 saturated carbocycles. The topological polar surface area (TPSA) is 89.1 Å². The second kappa shape index (κ2) is 4.79. The summed E-state index contributed by atoms with van der Waals surface area (Å²) in [5.74, 6) is 0.0913. The van der Waals surface area contributed by atoms with Crippen LogP contribution in [0.25, 0.3) is 11.4 Å². The summed E-state index contributed by atoms with van der Waals surface area (Å²) in [5.41, 5.74) is 0.845. The van der Waals surface area contributed by atoms with E-state index in [0.717, 1.165) is 12.0 Å².